The first-order valence-electron chi connectivity index (χ1n) is 9.44. The number of nitrogens with one attached hydrogen (secondary N) is 2. The minimum atomic E-state index is -0.489. The smallest absolute Gasteiger partial charge is 0.278 e. The number of ether oxygens (including phenoxy) is 1. The average Bonchev–Trinajstić information content (AvgIpc) is 3.31. The molecule has 0 saturated carbocycles. The number of aromatic nitrogens is 5. The Labute approximate surface area is 168 Å². The van der Waals surface area contributed by atoms with E-state index in [9.17, 15) is 9.59 Å². The van der Waals surface area contributed by atoms with E-state index in [1.165, 1.54) is 0 Å². The quantitative estimate of drug-likeness (QED) is 0.591. The van der Waals surface area contributed by atoms with E-state index in [1.54, 1.807) is 36.3 Å². The standard InChI is InChI=1S/C20H26N6O3/c1-12(6-7-29-5)26-11-16(24-25-26)19(28)23-17-9-13-8-14(18(27)20(2,3)4)22-15(13)10-21-17/h8-12,22H,6-7H2,1-5H3,(H,21,23,28). The number of fused-ring (bicyclic) bond motifs is 1. The molecule has 0 saturated heterocycles. The Hall–Kier alpha value is -3.07. The van der Waals surface area contributed by atoms with Gasteiger partial charge in [-0.25, -0.2) is 9.67 Å². The lowest BCUT2D eigenvalue weighted by Crippen LogP contribution is -2.20. The Balaban J connectivity index is 1.74. The van der Waals surface area contributed by atoms with Gasteiger partial charge < -0.3 is 15.0 Å². The lowest BCUT2D eigenvalue weighted by Gasteiger charge is -2.14. The van der Waals surface area contributed by atoms with Crippen molar-refractivity contribution in [3.05, 3.63) is 35.9 Å². The minimum absolute atomic E-state index is 0.0125. The van der Waals surface area contributed by atoms with E-state index < -0.39 is 11.3 Å². The summed E-state index contributed by atoms with van der Waals surface area (Å²) < 4.78 is 6.70. The zero-order chi connectivity index (χ0) is 21.2. The topological polar surface area (TPSA) is 115 Å². The Bertz CT molecular complexity index is 1030. The average molecular weight is 398 g/mol. The maximum absolute atomic E-state index is 12.5. The van der Waals surface area contributed by atoms with Crippen molar-refractivity contribution in [2.75, 3.05) is 19.0 Å². The van der Waals surface area contributed by atoms with Crippen LogP contribution in [0.1, 0.15) is 61.1 Å². The summed E-state index contributed by atoms with van der Waals surface area (Å²) in [6.45, 7) is 8.19. The molecule has 9 heteroatoms. The number of aromatic amines is 1. The first-order valence-corrected chi connectivity index (χ1v) is 9.44. The van der Waals surface area contributed by atoms with E-state index in [0.717, 1.165) is 17.3 Å². The minimum Gasteiger partial charge on any atom is -0.385 e. The number of rotatable bonds is 7. The molecule has 3 aromatic rings. The summed E-state index contributed by atoms with van der Waals surface area (Å²) in [4.78, 5) is 32.3. The van der Waals surface area contributed by atoms with E-state index in [0.29, 0.717) is 18.1 Å². The summed E-state index contributed by atoms with van der Waals surface area (Å²) in [6.07, 6.45) is 3.96. The molecule has 0 fully saturated rings. The van der Waals surface area contributed by atoms with Crippen molar-refractivity contribution in [1.29, 1.82) is 0 Å². The predicted molar refractivity (Wildman–Crippen MR) is 109 cm³/mol. The fourth-order valence-electron chi connectivity index (χ4n) is 2.82. The third-order valence-electron chi connectivity index (χ3n) is 4.61. The van der Waals surface area contributed by atoms with Crippen LogP contribution >= 0.6 is 0 Å². The number of H-pyrrole nitrogens is 1. The van der Waals surface area contributed by atoms with Gasteiger partial charge in [0.1, 0.15) is 5.82 Å². The van der Waals surface area contributed by atoms with E-state index in [2.05, 4.69) is 25.6 Å². The molecular weight excluding hydrogens is 372 g/mol. The molecule has 0 spiro atoms. The molecule has 0 aromatic carbocycles. The number of amides is 1. The second-order valence-electron chi connectivity index (χ2n) is 8.09. The summed E-state index contributed by atoms with van der Waals surface area (Å²) in [5.74, 6) is -0.0136. The molecule has 0 aliphatic rings. The van der Waals surface area contributed by atoms with Crippen LogP contribution in [0.15, 0.2) is 24.5 Å². The number of Topliss-reactive ketones (excluding diaryl/α,β-unsaturated/α-hetero) is 1. The van der Waals surface area contributed by atoms with Crippen LogP contribution < -0.4 is 5.32 Å². The van der Waals surface area contributed by atoms with Crippen LogP contribution in [0.3, 0.4) is 0 Å². The van der Waals surface area contributed by atoms with Crippen LogP contribution in [-0.2, 0) is 4.74 Å². The molecule has 3 heterocycles. The third kappa shape index (κ3) is 4.68. The number of nitrogens with zero attached hydrogens (tertiary/aromatic N) is 4. The monoisotopic (exact) mass is 398 g/mol. The van der Waals surface area contributed by atoms with Crippen LogP contribution in [0.4, 0.5) is 5.82 Å². The van der Waals surface area contributed by atoms with E-state index in [4.69, 9.17) is 4.74 Å². The predicted octanol–water partition coefficient (Wildman–Crippen LogP) is 3.23. The van der Waals surface area contributed by atoms with Crippen molar-refractivity contribution in [2.24, 2.45) is 5.41 Å². The third-order valence-corrected chi connectivity index (χ3v) is 4.61. The van der Waals surface area contributed by atoms with Crippen LogP contribution in [0, 0.1) is 5.41 Å². The maximum Gasteiger partial charge on any atom is 0.278 e. The molecule has 1 unspecified atom stereocenters. The molecule has 0 aliphatic carbocycles. The molecule has 9 nitrogen and oxygen atoms in total. The summed E-state index contributed by atoms with van der Waals surface area (Å²) >= 11 is 0. The zero-order valence-electron chi connectivity index (χ0n) is 17.3. The van der Waals surface area contributed by atoms with Gasteiger partial charge in [-0.15, -0.1) is 5.10 Å². The van der Waals surface area contributed by atoms with Gasteiger partial charge >= 0.3 is 0 Å². The molecule has 0 radical (unpaired) electrons. The Morgan fingerprint density at radius 3 is 2.76 bits per heavy atom. The first-order chi connectivity index (χ1) is 13.7. The fraction of sp³-hybridized carbons (Fsp3) is 0.450. The molecule has 0 bridgehead atoms. The number of pyridine rings is 1. The summed E-state index contributed by atoms with van der Waals surface area (Å²) in [6, 6.07) is 3.56. The van der Waals surface area contributed by atoms with Gasteiger partial charge in [-0.05, 0) is 25.5 Å². The molecule has 1 atom stereocenters. The molecule has 29 heavy (non-hydrogen) atoms. The van der Waals surface area contributed by atoms with E-state index in [1.807, 2.05) is 27.7 Å². The van der Waals surface area contributed by atoms with Gasteiger partial charge in [0.2, 0.25) is 0 Å². The van der Waals surface area contributed by atoms with Crippen molar-refractivity contribution in [3.63, 3.8) is 0 Å². The van der Waals surface area contributed by atoms with Crippen LogP contribution in [0.2, 0.25) is 0 Å². The number of ketones is 1. The second kappa shape index (κ2) is 8.12. The number of carbonyl (C=O) groups excluding carboxylic acids is 2. The Kier molecular flexibility index (Phi) is 5.78. The number of carbonyl (C=O) groups is 2. The number of methoxy groups -OCH3 is 1. The molecule has 3 aromatic heterocycles. The molecule has 1 amide bonds. The number of anilines is 1. The molecule has 3 rings (SSSR count). The van der Waals surface area contributed by atoms with E-state index >= 15 is 0 Å². The van der Waals surface area contributed by atoms with Crippen molar-refractivity contribution in [2.45, 2.75) is 40.2 Å². The van der Waals surface area contributed by atoms with Crippen LogP contribution in [0.25, 0.3) is 10.9 Å². The Morgan fingerprint density at radius 1 is 1.31 bits per heavy atom. The largest absolute Gasteiger partial charge is 0.385 e. The molecule has 154 valence electrons. The van der Waals surface area contributed by atoms with Gasteiger partial charge in [0, 0.05) is 24.5 Å². The van der Waals surface area contributed by atoms with Crippen molar-refractivity contribution in [1.82, 2.24) is 25.0 Å². The van der Waals surface area contributed by atoms with Gasteiger partial charge in [0.05, 0.1) is 29.6 Å². The first kappa shape index (κ1) is 20.7. The van der Waals surface area contributed by atoms with E-state index in [-0.39, 0.29) is 17.5 Å². The molecule has 0 aliphatic heterocycles. The highest BCUT2D eigenvalue weighted by molar-refractivity contribution is 6.04. The highest BCUT2D eigenvalue weighted by Crippen LogP contribution is 2.24. The van der Waals surface area contributed by atoms with Gasteiger partial charge in [-0.2, -0.15) is 0 Å². The highest BCUT2D eigenvalue weighted by atomic mass is 16.5. The van der Waals surface area contributed by atoms with Crippen molar-refractivity contribution >= 4 is 28.4 Å². The van der Waals surface area contributed by atoms with Gasteiger partial charge in [-0.1, -0.05) is 26.0 Å². The van der Waals surface area contributed by atoms with Gasteiger partial charge in [0.15, 0.2) is 11.5 Å². The lowest BCUT2D eigenvalue weighted by atomic mass is 9.89. The Morgan fingerprint density at radius 2 is 2.07 bits per heavy atom. The fourth-order valence-corrected chi connectivity index (χ4v) is 2.82. The molecule has 2 N–H and O–H groups in total. The normalized spacial score (nSPS) is 12.9. The van der Waals surface area contributed by atoms with Gasteiger partial charge in [-0.3, -0.25) is 9.59 Å². The van der Waals surface area contributed by atoms with Crippen molar-refractivity contribution in [3.8, 4) is 0 Å². The van der Waals surface area contributed by atoms with Crippen molar-refractivity contribution < 1.29 is 14.3 Å². The number of hydrogen-bond donors (Lipinski definition) is 2. The van der Waals surface area contributed by atoms with Gasteiger partial charge in [0.25, 0.3) is 5.91 Å². The number of hydrogen-bond acceptors (Lipinski definition) is 6. The van der Waals surface area contributed by atoms with Crippen LogP contribution in [0.5, 0.6) is 0 Å². The summed E-state index contributed by atoms with van der Waals surface area (Å²) in [7, 11) is 1.64. The lowest BCUT2D eigenvalue weighted by molar-refractivity contribution is 0.0853. The summed E-state index contributed by atoms with van der Waals surface area (Å²) in [5.41, 5.74) is 0.963. The highest BCUT2D eigenvalue weighted by Gasteiger charge is 2.24. The second-order valence-corrected chi connectivity index (χ2v) is 8.09. The SMILES string of the molecule is COCCC(C)n1cc(C(=O)Nc2cc3cc(C(=O)C(C)(C)C)[nH]c3cn2)nn1. The maximum atomic E-state index is 12.5. The van der Waals surface area contributed by atoms with Crippen LogP contribution in [-0.4, -0.2) is 50.4 Å². The summed E-state index contributed by atoms with van der Waals surface area (Å²) in [5, 5.41) is 11.5. The molecular formula is C20H26N6O3. The zero-order valence-corrected chi connectivity index (χ0v) is 17.3.